The fourth-order valence-corrected chi connectivity index (χ4v) is 8.77. The third kappa shape index (κ3) is 19.2. The molecule has 6 unspecified atom stereocenters. The molecular formula is C50H90N6O2. The lowest BCUT2D eigenvalue weighted by Gasteiger charge is -2.34. The second-order valence-electron chi connectivity index (χ2n) is 19.5. The molecule has 2 aliphatic rings. The van der Waals surface area contributed by atoms with E-state index < -0.39 is 5.66 Å². The molecule has 6 atom stereocenters. The summed E-state index contributed by atoms with van der Waals surface area (Å²) in [6, 6.07) is 9.49. The molecule has 0 amide bonds. The molecule has 8 nitrogen and oxygen atoms in total. The number of amidine groups is 1. The van der Waals surface area contributed by atoms with E-state index >= 15 is 0 Å². The number of nitrogens with zero attached hydrogens (tertiary/aromatic N) is 3. The van der Waals surface area contributed by atoms with Crippen LogP contribution in [0.15, 0.2) is 52.9 Å². The van der Waals surface area contributed by atoms with Crippen molar-refractivity contribution in [3.8, 4) is 0 Å². The number of benzene rings is 1. The number of fused-ring (bicyclic) bond motifs is 1. The Kier molecular flexibility index (Phi) is 23.5. The first-order valence-corrected chi connectivity index (χ1v) is 23.7. The molecule has 0 aliphatic carbocycles. The largest absolute Gasteiger partial charge is 0.463 e. The molecule has 1 fully saturated rings. The van der Waals surface area contributed by atoms with E-state index in [0.717, 1.165) is 60.8 Å². The van der Waals surface area contributed by atoms with Crippen LogP contribution in [0.2, 0.25) is 0 Å². The van der Waals surface area contributed by atoms with Crippen molar-refractivity contribution >= 4 is 6.02 Å². The Morgan fingerprint density at radius 2 is 1.31 bits per heavy atom. The van der Waals surface area contributed by atoms with Crippen molar-refractivity contribution in [1.29, 1.82) is 0 Å². The number of unbranched alkanes of at least 4 members (excludes halogenated alkanes) is 1. The van der Waals surface area contributed by atoms with Crippen LogP contribution in [-0.2, 0) is 22.6 Å². The van der Waals surface area contributed by atoms with Gasteiger partial charge in [0.1, 0.15) is 12.4 Å². The Morgan fingerprint density at radius 1 is 0.776 bits per heavy atom. The van der Waals surface area contributed by atoms with Crippen LogP contribution in [0.3, 0.4) is 0 Å². The lowest BCUT2D eigenvalue weighted by atomic mass is 9.90. The number of hydrogen-bond donors (Lipinski definition) is 3. The molecule has 58 heavy (non-hydrogen) atoms. The minimum atomic E-state index is -0.604. The van der Waals surface area contributed by atoms with Crippen molar-refractivity contribution in [2.24, 2.45) is 46.2 Å². The average molecular weight is 807 g/mol. The van der Waals surface area contributed by atoms with Crippen LogP contribution in [0.25, 0.3) is 0 Å². The van der Waals surface area contributed by atoms with Gasteiger partial charge in [-0.25, -0.2) is 4.99 Å². The number of nitrogens with one attached hydrogen (secondary N) is 2. The molecule has 3 rings (SSSR count). The number of allylic oxidation sites excluding steroid dienone is 2. The summed E-state index contributed by atoms with van der Waals surface area (Å²) in [5, 5.41) is 6.51. The third-order valence-corrected chi connectivity index (χ3v) is 12.8. The summed E-state index contributed by atoms with van der Waals surface area (Å²) in [5.41, 5.74) is 9.25. The highest BCUT2D eigenvalue weighted by atomic mass is 16.5. The smallest absolute Gasteiger partial charge is 0.292 e. The quantitative estimate of drug-likeness (QED) is 0.0509. The van der Waals surface area contributed by atoms with E-state index in [-0.39, 0.29) is 0 Å². The van der Waals surface area contributed by atoms with Crippen LogP contribution in [0.5, 0.6) is 0 Å². The van der Waals surface area contributed by atoms with E-state index in [1.807, 2.05) is 0 Å². The summed E-state index contributed by atoms with van der Waals surface area (Å²) in [5.74, 6) is 5.52. The van der Waals surface area contributed by atoms with Gasteiger partial charge < -0.3 is 25.4 Å². The Labute approximate surface area is 357 Å². The van der Waals surface area contributed by atoms with Crippen molar-refractivity contribution in [2.75, 3.05) is 40.6 Å². The maximum atomic E-state index is 6.35. The minimum Gasteiger partial charge on any atom is -0.463 e. The van der Waals surface area contributed by atoms with Gasteiger partial charge >= 0.3 is 0 Å². The monoisotopic (exact) mass is 807 g/mol. The Hall–Kier alpha value is -2.55. The van der Waals surface area contributed by atoms with Gasteiger partial charge in [-0.1, -0.05) is 162 Å². The Balaban J connectivity index is 1.19. The van der Waals surface area contributed by atoms with Crippen LogP contribution >= 0.6 is 0 Å². The molecule has 1 aromatic rings. The molecule has 1 saturated heterocycles. The van der Waals surface area contributed by atoms with Crippen molar-refractivity contribution in [3.05, 3.63) is 59.1 Å². The van der Waals surface area contributed by atoms with Crippen molar-refractivity contribution < 1.29 is 9.47 Å². The predicted octanol–water partition coefficient (Wildman–Crippen LogP) is 11.6. The Morgan fingerprint density at radius 3 is 1.88 bits per heavy atom. The second-order valence-corrected chi connectivity index (χ2v) is 19.5. The van der Waals surface area contributed by atoms with Gasteiger partial charge in [-0.05, 0) is 92.8 Å². The maximum Gasteiger partial charge on any atom is 0.292 e. The lowest BCUT2D eigenvalue weighted by Crippen LogP contribution is -2.48. The van der Waals surface area contributed by atoms with Gasteiger partial charge in [0, 0.05) is 20.2 Å². The summed E-state index contributed by atoms with van der Waals surface area (Å²) in [6.07, 6.45) is 26.9. The first-order valence-electron chi connectivity index (χ1n) is 23.7. The zero-order chi connectivity index (χ0) is 42.3. The van der Waals surface area contributed by atoms with Crippen molar-refractivity contribution in [3.63, 3.8) is 0 Å². The molecule has 0 aromatic heterocycles. The molecule has 0 saturated carbocycles. The van der Waals surface area contributed by atoms with E-state index in [1.54, 1.807) is 7.11 Å². The van der Waals surface area contributed by atoms with E-state index in [4.69, 9.17) is 20.2 Å². The van der Waals surface area contributed by atoms with Crippen LogP contribution in [0, 0.1) is 35.5 Å². The van der Waals surface area contributed by atoms with Crippen LogP contribution in [-0.4, -0.2) is 62.1 Å². The molecule has 0 spiro atoms. The average Bonchev–Trinajstić information content (AvgIpc) is 3.49. The molecule has 2 aliphatic heterocycles. The van der Waals surface area contributed by atoms with Gasteiger partial charge in [-0.3, -0.25) is 10.2 Å². The van der Waals surface area contributed by atoms with Gasteiger partial charge in [0.25, 0.3) is 6.02 Å². The summed E-state index contributed by atoms with van der Waals surface area (Å²) in [6.45, 7) is 23.5. The Bertz CT molecular complexity index is 1340. The molecular weight excluding hydrogens is 717 g/mol. The zero-order valence-corrected chi connectivity index (χ0v) is 39.2. The number of rotatable bonds is 31. The fourth-order valence-electron chi connectivity index (χ4n) is 8.77. The zero-order valence-electron chi connectivity index (χ0n) is 39.2. The molecule has 8 heteroatoms. The SMILES string of the molecule is COCCOC1=NC2(C)C(=C(N)N1)NCN2Cc1ccc(CN(C)CCCC(C)CCCC(C)CCCC(C)CCCCC(C)CCCC(C)/C=C/CC(C)C)cc1. The van der Waals surface area contributed by atoms with Gasteiger partial charge in [-0.2, -0.15) is 0 Å². The van der Waals surface area contributed by atoms with E-state index in [9.17, 15) is 0 Å². The van der Waals surface area contributed by atoms with E-state index in [0.29, 0.717) is 31.7 Å². The van der Waals surface area contributed by atoms with E-state index in [1.165, 1.54) is 114 Å². The first-order chi connectivity index (χ1) is 27.8. The summed E-state index contributed by atoms with van der Waals surface area (Å²) < 4.78 is 10.9. The number of hydrogen-bond acceptors (Lipinski definition) is 8. The standard InChI is InChI=1S/C50H90N6O2/c1-39(2)18-13-21-42(5)24-14-22-40(3)19-11-12-20-41(4)23-15-25-43(6)26-16-27-44(7)28-17-33-55(9)36-45-29-31-46(32-30-45)37-56-38-52-47-48(51)53-49(54-50(47,56)8)58-35-34-57-10/h13,21,29-32,39-44,52H,11-12,14-20,22-28,33-38,51H2,1-10H3,(H,53,54)/b21-13+. The molecule has 0 radical (unpaired) electrons. The fraction of sp³-hybridized carbons (Fsp3) is 0.780. The molecule has 2 heterocycles. The van der Waals surface area contributed by atoms with Gasteiger partial charge in [0.05, 0.1) is 19.0 Å². The van der Waals surface area contributed by atoms with Gasteiger partial charge in [0.2, 0.25) is 0 Å². The highest BCUT2D eigenvalue weighted by Crippen LogP contribution is 2.34. The number of aliphatic imine (C=N–C) groups is 1. The van der Waals surface area contributed by atoms with E-state index in [2.05, 4.69) is 119 Å². The molecule has 0 bridgehead atoms. The first kappa shape index (κ1) is 49.8. The number of nitrogens with two attached hydrogens (primary N) is 1. The highest BCUT2D eigenvalue weighted by molar-refractivity contribution is 5.78. The molecule has 332 valence electrons. The molecule has 4 N–H and O–H groups in total. The maximum absolute atomic E-state index is 6.35. The van der Waals surface area contributed by atoms with Crippen LogP contribution in [0.4, 0.5) is 0 Å². The van der Waals surface area contributed by atoms with Gasteiger partial charge in [0.15, 0.2) is 5.66 Å². The topological polar surface area (TPSA) is 87.4 Å². The van der Waals surface area contributed by atoms with Crippen molar-refractivity contribution in [1.82, 2.24) is 20.4 Å². The molecule has 1 aromatic carbocycles. The van der Waals surface area contributed by atoms with Crippen molar-refractivity contribution in [2.45, 2.75) is 177 Å². The summed E-state index contributed by atoms with van der Waals surface area (Å²) in [7, 11) is 3.92. The second kappa shape index (κ2) is 27.3. The normalized spacial score (nSPS) is 19.9. The lowest BCUT2D eigenvalue weighted by molar-refractivity contribution is 0.130. The van der Waals surface area contributed by atoms with Gasteiger partial charge in [-0.15, -0.1) is 0 Å². The highest BCUT2D eigenvalue weighted by Gasteiger charge is 2.45. The van der Waals surface area contributed by atoms with Crippen LogP contribution in [0.1, 0.15) is 169 Å². The minimum absolute atomic E-state index is 0.417. The third-order valence-electron chi connectivity index (χ3n) is 12.8. The summed E-state index contributed by atoms with van der Waals surface area (Å²) >= 11 is 0. The van der Waals surface area contributed by atoms with Crippen LogP contribution < -0.4 is 16.4 Å². The number of methoxy groups -OCH3 is 1. The number of ether oxygens (including phenoxy) is 2. The predicted molar refractivity (Wildman–Crippen MR) is 248 cm³/mol. The summed E-state index contributed by atoms with van der Waals surface area (Å²) in [4.78, 5) is 9.65.